The SMILES string of the molecule is CC1c2ccccc2N(c2ccccc2)C1c1ccc(-c2cccc3oc4c(-n5c6ccc(-c7ccccc7)cc6c6cc(-c7ccccc7)ccc65)cccc4c23)cc1. The van der Waals surface area contributed by atoms with Crippen LogP contribution in [0, 0.1) is 0 Å². The molecular weight excluding hydrogens is 729 g/mol. The molecule has 2 atom stereocenters. The van der Waals surface area contributed by atoms with Crippen LogP contribution >= 0.6 is 0 Å². The van der Waals surface area contributed by atoms with E-state index in [1.54, 1.807) is 0 Å². The molecule has 2 unspecified atom stereocenters. The Kier molecular flexibility index (Phi) is 7.89. The van der Waals surface area contributed by atoms with Gasteiger partial charge in [0.15, 0.2) is 5.58 Å². The van der Waals surface area contributed by atoms with Gasteiger partial charge in [-0.05, 0) is 99.1 Å². The second-order valence-corrected chi connectivity index (χ2v) is 16.1. The van der Waals surface area contributed by atoms with Crippen molar-refractivity contribution in [2.24, 2.45) is 0 Å². The maximum atomic E-state index is 6.94. The lowest BCUT2D eigenvalue weighted by Gasteiger charge is -2.30. The van der Waals surface area contributed by atoms with Crippen molar-refractivity contribution < 1.29 is 4.42 Å². The second-order valence-electron chi connectivity index (χ2n) is 16.1. The first kappa shape index (κ1) is 34.4. The normalized spacial score (nSPS) is 15.1. The van der Waals surface area contributed by atoms with Gasteiger partial charge in [0, 0.05) is 38.8 Å². The van der Waals surface area contributed by atoms with Gasteiger partial charge in [0.2, 0.25) is 0 Å². The van der Waals surface area contributed by atoms with E-state index in [9.17, 15) is 0 Å². The van der Waals surface area contributed by atoms with Gasteiger partial charge in [0.05, 0.1) is 22.8 Å². The largest absolute Gasteiger partial charge is 0.454 e. The lowest BCUT2D eigenvalue weighted by atomic mass is 9.90. The molecule has 11 aromatic rings. The van der Waals surface area contributed by atoms with Gasteiger partial charge in [-0.15, -0.1) is 0 Å². The molecule has 0 aliphatic carbocycles. The van der Waals surface area contributed by atoms with Crippen LogP contribution in [0.1, 0.15) is 30.0 Å². The first-order valence-electron chi connectivity index (χ1n) is 20.9. The van der Waals surface area contributed by atoms with Crippen molar-refractivity contribution in [3.05, 3.63) is 223 Å². The van der Waals surface area contributed by atoms with E-state index >= 15 is 0 Å². The number of hydrogen-bond acceptors (Lipinski definition) is 2. The van der Waals surface area contributed by atoms with Crippen molar-refractivity contribution in [1.82, 2.24) is 4.57 Å². The lowest BCUT2D eigenvalue weighted by Crippen LogP contribution is -2.21. The summed E-state index contributed by atoms with van der Waals surface area (Å²) in [5, 5.41) is 4.66. The molecule has 1 aliphatic heterocycles. The number of para-hydroxylation sites is 3. The second kappa shape index (κ2) is 13.8. The van der Waals surface area contributed by atoms with Crippen molar-refractivity contribution >= 4 is 55.1 Å². The fourth-order valence-electron chi connectivity index (χ4n) is 9.97. The highest BCUT2D eigenvalue weighted by atomic mass is 16.3. The smallest absolute Gasteiger partial charge is 0.159 e. The first-order valence-corrected chi connectivity index (χ1v) is 20.9. The number of aromatic nitrogens is 1. The van der Waals surface area contributed by atoms with E-state index in [1.807, 2.05) is 0 Å². The Balaban J connectivity index is 0.998. The molecule has 0 bridgehead atoms. The minimum absolute atomic E-state index is 0.186. The topological polar surface area (TPSA) is 21.3 Å². The molecule has 3 heterocycles. The molecule has 0 spiro atoms. The van der Waals surface area contributed by atoms with Crippen molar-refractivity contribution in [3.63, 3.8) is 0 Å². The molecule has 1 aliphatic rings. The Labute approximate surface area is 349 Å². The van der Waals surface area contributed by atoms with Crippen molar-refractivity contribution in [1.29, 1.82) is 0 Å². The standard InChI is InChI=1S/C57H40N2O/c1-37-45-21-11-12-24-50(45)58(44-19-9-4-10-20-44)56(37)41-29-27-40(28-30-41)46-22-14-26-54-55(46)47-23-13-25-53(57(47)60-54)59-51-33-31-42(38-15-5-2-6-16-38)35-48(51)49-36-43(32-34-52(49)59)39-17-7-3-8-18-39/h2-37,56H,1H3. The number of furan rings is 1. The summed E-state index contributed by atoms with van der Waals surface area (Å²) < 4.78 is 9.34. The summed E-state index contributed by atoms with van der Waals surface area (Å²) in [6.07, 6.45) is 0. The zero-order chi connectivity index (χ0) is 39.7. The number of nitrogens with zero attached hydrogens (tertiary/aromatic N) is 2. The number of benzene rings is 9. The summed E-state index contributed by atoms with van der Waals surface area (Å²) in [6, 6.07) is 77.2. The Bertz CT molecular complexity index is 3280. The Morgan fingerprint density at radius 2 is 1.00 bits per heavy atom. The van der Waals surface area contributed by atoms with Gasteiger partial charge in [-0.3, -0.25) is 0 Å². The quantitative estimate of drug-likeness (QED) is 0.168. The zero-order valence-electron chi connectivity index (χ0n) is 33.2. The predicted molar refractivity (Wildman–Crippen MR) is 251 cm³/mol. The monoisotopic (exact) mass is 768 g/mol. The van der Waals surface area contributed by atoms with E-state index in [0.717, 1.165) is 38.7 Å². The highest BCUT2D eigenvalue weighted by Crippen LogP contribution is 2.52. The van der Waals surface area contributed by atoms with Gasteiger partial charge in [0.1, 0.15) is 5.58 Å². The van der Waals surface area contributed by atoms with Gasteiger partial charge >= 0.3 is 0 Å². The third-order valence-electron chi connectivity index (χ3n) is 12.8. The van der Waals surface area contributed by atoms with E-state index < -0.39 is 0 Å². The minimum Gasteiger partial charge on any atom is -0.454 e. The van der Waals surface area contributed by atoms with Crippen LogP contribution in [0.25, 0.3) is 82.8 Å². The van der Waals surface area contributed by atoms with Crippen LogP contribution in [0.15, 0.2) is 217 Å². The fraction of sp³-hybridized carbons (Fsp3) is 0.0526. The van der Waals surface area contributed by atoms with Crippen LogP contribution in [0.3, 0.4) is 0 Å². The molecule has 12 rings (SSSR count). The van der Waals surface area contributed by atoms with E-state index in [1.165, 1.54) is 66.7 Å². The lowest BCUT2D eigenvalue weighted by molar-refractivity contribution is 0.627. The van der Waals surface area contributed by atoms with Crippen LogP contribution < -0.4 is 4.90 Å². The average molecular weight is 769 g/mol. The van der Waals surface area contributed by atoms with Crippen LogP contribution in [-0.4, -0.2) is 4.57 Å². The molecule has 3 nitrogen and oxygen atoms in total. The molecule has 2 aromatic heterocycles. The summed E-state index contributed by atoms with van der Waals surface area (Å²) in [4.78, 5) is 2.51. The van der Waals surface area contributed by atoms with Gasteiger partial charge < -0.3 is 13.9 Å². The molecule has 0 radical (unpaired) electrons. The number of hydrogen-bond donors (Lipinski definition) is 0. The molecule has 60 heavy (non-hydrogen) atoms. The number of rotatable bonds is 6. The number of anilines is 2. The minimum atomic E-state index is 0.186. The van der Waals surface area contributed by atoms with Crippen LogP contribution in [-0.2, 0) is 0 Å². The fourth-order valence-corrected chi connectivity index (χ4v) is 9.97. The Morgan fingerprint density at radius 3 is 1.67 bits per heavy atom. The predicted octanol–water partition coefficient (Wildman–Crippen LogP) is 15.7. The van der Waals surface area contributed by atoms with E-state index in [-0.39, 0.29) is 6.04 Å². The molecule has 0 fully saturated rings. The summed E-state index contributed by atoms with van der Waals surface area (Å²) in [6.45, 7) is 2.36. The Morgan fingerprint density at radius 1 is 0.433 bits per heavy atom. The maximum Gasteiger partial charge on any atom is 0.159 e. The van der Waals surface area contributed by atoms with Crippen LogP contribution in [0.4, 0.5) is 11.4 Å². The van der Waals surface area contributed by atoms with Crippen molar-refractivity contribution in [2.75, 3.05) is 4.90 Å². The zero-order valence-corrected chi connectivity index (χ0v) is 33.2. The first-order chi connectivity index (χ1) is 29.7. The summed E-state index contributed by atoms with van der Waals surface area (Å²) in [7, 11) is 0. The molecule has 0 amide bonds. The molecule has 0 saturated heterocycles. The molecule has 0 saturated carbocycles. The highest BCUT2D eigenvalue weighted by Gasteiger charge is 2.37. The average Bonchev–Trinajstić information content (AvgIpc) is 3.97. The number of fused-ring (bicyclic) bond motifs is 7. The molecule has 9 aromatic carbocycles. The van der Waals surface area contributed by atoms with E-state index in [0.29, 0.717) is 5.92 Å². The third-order valence-corrected chi connectivity index (χ3v) is 12.8. The van der Waals surface area contributed by atoms with Crippen LogP contribution in [0.2, 0.25) is 0 Å². The molecule has 3 heteroatoms. The van der Waals surface area contributed by atoms with Gasteiger partial charge in [-0.2, -0.15) is 0 Å². The maximum absolute atomic E-state index is 6.94. The molecule has 0 N–H and O–H groups in total. The molecular formula is C57H40N2O. The van der Waals surface area contributed by atoms with E-state index in [4.69, 9.17) is 4.42 Å². The van der Waals surface area contributed by atoms with Gasteiger partial charge in [0.25, 0.3) is 0 Å². The van der Waals surface area contributed by atoms with Crippen LogP contribution in [0.5, 0.6) is 0 Å². The Hall–Kier alpha value is -7.62. The van der Waals surface area contributed by atoms with E-state index in [2.05, 4.69) is 229 Å². The summed E-state index contributed by atoms with van der Waals surface area (Å²) >= 11 is 0. The molecule has 284 valence electrons. The summed E-state index contributed by atoms with van der Waals surface area (Å²) in [5.74, 6) is 0.336. The van der Waals surface area contributed by atoms with Crippen molar-refractivity contribution in [3.8, 4) is 39.1 Å². The van der Waals surface area contributed by atoms with Gasteiger partial charge in [-0.1, -0.05) is 165 Å². The van der Waals surface area contributed by atoms with Gasteiger partial charge in [-0.25, -0.2) is 0 Å². The summed E-state index contributed by atoms with van der Waals surface area (Å²) in [5.41, 5.74) is 17.4. The third kappa shape index (κ3) is 5.36. The highest BCUT2D eigenvalue weighted by molar-refractivity contribution is 6.16. The van der Waals surface area contributed by atoms with Crippen molar-refractivity contribution in [2.45, 2.75) is 18.9 Å².